The molecule has 0 spiro atoms. The van der Waals surface area contributed by atoms with E-state index in [9.17, 15) is 4.79 Å². The second kappa shape index (κ2) is 11.7. The number of esters is 1. The summed E-state index contributed by atoms with van der Waals surface area (Å²) in [6.45, 7) is 16.2. The third-order valence-corrected chi connectivity index (χ3v) is 7.81. The Kier molecular flexibility index (Phi) is 8.07. The van der Waals surface area contributed by atoms with E-state index in [-0.39, 0.29) is 18.0 Å². The topological polar surface area (TPSA) is 50.8 Å². The Morgan fingerprint density at radius 2 is 1.54 bits per heavy atom. The fraction of sp³-hybridized carbons (Fsp3) is 0.306. The molecular weight excluding hydrogens is 508 g/mol. The van der Waals surface area contributed by atoms with Gasteiger partial charge in [-0.05, 0) is 95.5 Å². The van der Waals surface area contributed by atoms with Crippen molar-refractivity contribution in [3.63, 3.8) is 0 Å². The van der Waals surface area contributed by atoms with Gasteiger partial charge in [-0.3, -0.25) is 0 Å². The summed E-state index contributed by atoms with van der Waals surface area (Å²) >= 11 is 0. The fourth-order valence-corrected chi connectivity index (χ4v) is 5.71. The zero-order valence-corrected chi connectivity index (χ0v) is 25.2. The molecule has 4 aromatic rings. The Morgan fingerprint density at radius 3 is 2.24 bits per heavy atom. The Hall–Kier alpha value is -4.25. The minimum absolute atomic E-state index is 0.211. The van der Waals surface area contributed by atoms with Gasteiger partial charge in [-0.2, -0.15) is 0 Å². The number of anilines is 3. The zero-order valence-electron chi connectivity index (χ0n) is 25.2. The molecule has 0 fully saturated rings. The number of carbonyl (C=O) groups is 1. The maximum absolute atomic E-state index is 13.3. The van der Waals surface area contributed by atoms with Crippen LogP contribution in [0.1, 0.15) is 77.4 Å². The van der Waals surface area contributed by atoms with Crippen molar-refractivity contribution in [1.82, 2.24) is 0 Å². The predicted molar refractivity (Wildman–Crippen MR) is 168 cm³/mol. The van der Waals surface area contributed by atoms with Crippen LogP contribution in [-0.4, -0.2) is 25.2 Å². The molecule has 4 aromatic carbocycles. The van der Waals surface area contributed by atoms with Crippen LogP contribution in [0.4, 0.5) is 17.1 Å². The van der Waals surface area contributed by atoms with Crippen LogP contribution in [0.2, 0.25) is 0 Å². The summed E-state index contributed by atoms with van der Waals surface area (Å²) in [4.78, 5) is 15.6. The van der Waals surface area contributed by atoms with Crippen LogP contribution < -0.4 is 15.0 Å². The Balaban J connectivity index is 1.69. The third-order valence-electron chi connectivity index (χ3n) is 7.81. The van der Waals surface area contributed by atoms with Gasteiger partial charge in [-0.1, -0.05) is 42.0 Å². The van der Waals surface area contributed by atoms with Crippen LogP contribution >= 0.6 is 0 Å². The van der Waals surface area contributed by atoms with Crippen molar-refractivity contribution >= 4 is 23.0 Å². The Labute approximate surface area is 244 Å². The third kappa shape index (κ3) is 5.67. The highest BCUT2D eigenvalue weighted by Gasteiger charge is 2.33. The summed E-state index contributed by atoms with van der Waals surface area (Å²) in [6.07, 6.45) is -0.211. The van der Waals surface area contributed by atoms with Crippen molar-refractivity contribution in [2.45, 2.75) is 60.5 Å². The first-order valence-corrected chi connectivity index (χ1v) is 14.6. The van der Waals surface area contributed by atoms with Crippen molar-refractivity contribution in [3.8, 4) is 11.5 Å². The molecule has 1 heterocycles. The van der Waals surface area contributed by atoms with Gasteiger partial charge in [0.25, 0.3) is 0 Å². The SMILES string of the molecule is CCN(CC)c1ccc2c(c1)Oc1cc(C)c(Nc3ccc(C)cc3C)cc1C2c1ccccc1C(=O)OC(C)C. The molecular formula is C36H40N2O3. The highest BCUT2D eigenvalue weighted by atomic mass is 16.5. The fourth-order valence-electron chi connectivity index (χ4n) is 5.71. The molecule has 0 radical (unpaired) electrons. The summed E-state index contributed by atoms with van der Waals surface area (Å²) in [6, 6.07) is 24.9. The number of hydrogen-bond donors (Lipinski definition) is 1. The van der Waals surface area contributed by atoms with Gasteiger partial charge < -0.3 is 19.7 Å². The van der Waals surface area contributed by atoms with Gasteiger partial charge in [0.05, 0.1) is 11.7 Å². The summed E-state index contributed by atoms with van der Waals surface area (Å²) in [5, 5.41) is 3.66. The lowest BCUT2D eigenvalue weighted by Crippen LogP contribution is -2.22. The molecule has 0 amide bonds. The van der Waals surface area contributed by atoms with Gasteiger partial charge in [-0.15, -0.1) is 0 Å². The van der Waals surface area contributed by atoms with Crippen LogP contribution in [0.5, 0.6) is 11.5 Å². The summed E-state index contributed by atoms with van der Waals surface area (Å²) in [5.74, 6) is 1.09. The molecule has 212 valence electrons. The molecule has 1 aliphatic rings. The van der Waals surface area contributed by atoms with E-state index < -0.39 is 0 Å². The van der Waals surface area contributed by atoms with Gasteiger partial charge in [0, 0.05) is 53.3 Å². The molecule has 5 heteroatoms. The summed E-state index contributed by atoms with van der Waals surface area (Å²) < 4.78 is 12.3. The molecule has 0 aliphatic carbocycles. The predicted octanol–water partition coefficient (Wildman–Crippen LogP) is 9.05. The number of nitrogens with zero attached hydrogens (tertiary/aromatic N) is 1. The number of benzene rings is 4. The number of carbonyl (C=O) groups excluding carboxylic acids is 1. The van der Waals surface area contributed by atoms with Gasteiger partial charge in [-0.25, -0.2) is 4.79 Å². The molecule has 5 rings (SSSR count). The van der Waals surface area contributed by atoms with Gasteiger partial charge in [0.2, 0.25) is 0 Å². The van der Waals surface area contributed by atoms with E-state index in [1.807, 2.05) is 38.1 Å². The lowest BCUT2D eigenvalue weighted by atomic mass is 9.80. The standard InChI is InChI=1S/C36H40N2O3/c1-8-38(9-2)26-15-16-29-34(20-26)41-33-19-25(7)32(37-31-17-14-23(5)18-24(31)6)21-30(33)35(29)27-12-10-11-13-28(27)36(39)40-22(3)4/h10-22,35,37H,8-9H2,1-7H3. The molecule has 1 atom stereocenters. The molecule has 41 heavy (non-hydrogen) atoms. The van der Waals surface area contributed by atoms with Crippen molar-refractivity contribution in [2.75, 3.05) is 23.3 Å². The quantitative estimate of drug-likeness (QED) is 0.196. The minimum atomic E-state index is -0.314. The minimum Gasteiger partial charge on any atom is -0.459 e. The first-order chi connectivity index (χ1) is 19.7. The Bertz CT molecular complexity index is 1590. The van der Waals surface area contributed by atoms with Crippen LogP contribution in [0.25, 0.3) is 0 Å². The van der Waals surface area contributed by atoms with E-state index >= 15 is 0 Å². The van der Waals surface area contributed by atoms with Crippen molar-refractivity contribution in [1.29, 1.82) is 0 Å². The Morgan fingerprint density at radius 1 is 0.829 bits per heavy atom. The first kappa shape index (κ1) is 28.3. The van der Waals surface area contributed by atoms with Gasteiger partial charge in [0.15, 0.2) is 0 Å². The number of ether oxygens (including phenoxy) is 2. The number of rotatable bonds is 8. The second-order valence-electron chi connectivity index (χ2n) is 11.1. The first-order valence-electron chi connectivity index (χ1n) is 14.6. The van der Waals surface area contributed by atoms with Crippen LogP contribution in [0.3, 0.4) is 0 Å². The number of aryl methyl sites for hydroxylation is 3. The molecule has 5 nitrogen and oxygen atoms in total. The van der Waals surface area contributed by atoms with E-state index in [0.29, 0.717) is 5.56 Å². The average Bonchev–Trinajstić information content (AvgIpc) is 2.94. The van der Waals surface area contributed by atoms with Crippen LogP contribution in [-0.2, 0) is 4.74 Å². The number of hydrogen-bond acceptors (Lipinski definition) is 5. The normalized spacial score (nSPS) is 13.7. The highest BCUT2D eigenvalue weighted by molar-refractivity contribution is 5.92. The molecule has 0 bridgehead atoms. The second-order valence-corrected chi connectivity index (χ2v) is 11.1. The van der Waals surface area contributed by atoms with Crippen LogP contribution in [0, 0.1) is 20.8 Å². The summed E-state index contributed by atoms with van der Waals surface area (Å²) in [7, 11) is 0. The smallest absolute Gasteiger partial charge is 0.338 e. The molecule has 0 saturated heterocycles. The lowest BCUT2D eigenvalue weighted by molar-refractivity contribution is 0.0376. The van der Waals surface area contributed by atoms with E-state index in [2.05, 4.69) is 93.4 Å². The van der Waals surface area contributed by atoms with Gasteiger partial charge in [0.1, 0.15) is 11.5 Å². The lowest BCUT2D eigenvalue weighted by Gasteiger charge is -2.32. The van der Waals surface area contributed by atoms with E-state index in [1.165, 1.54) is 11.1 Å². The van der Waals surface area contributed by atoms with Crippen molar-refractivity contribution < 1.29 is 14.3 Å². The average molecular weight is 549 g/mol. The highest BCUT2D eigenvalue weighted by Crippen LogP contribution is 2.50. The van der Waals surface area contributed by atoms with E-state index in [4.69, 9.17) is 9.47 Å². The number of fused-ring (bicyclic) bond motifs is 2. The molecule has 0 saturated carbocycles. The molecule has 1 unspecified atom stereocenters. The van der Waals surface area contributed by atoms with Crippen LogP contribution in [0.15, 0.2) is 72.8 Å². The zero-order chi connectivity index (χ0) is 29.3. The van der Waals surface area contributed by atoms with Gasteiger partial charge >= 0.3 is 5.97 Å². The maximum Gasteiger partial charge on any atom is 0.338 e. The largest absolute Gasteiger partial charge is 0.459 e. The van der Waals surface area contributed by atoms with E-state index in [0.717, 1.165) is 63.9 Å². The monoisotopic (exact) mass is 548 g/mol. The molecule has 1 N–H and O–H groups in total. The van der Waals surface area contributed by atoms with E-state index in [1.54, 1.807) is 0 Å². The number of nitrogens with one attached hydrogen (secondary N) is 1. The maximum atomic E-state index is 13.3. The molecule has 0 aromatic heterocycles. The summed E-state index contributed by atoms with van der Waals surface area (Å²) in [5.41, 5.74) is 10.2. The molecule has 1 aliphatic heterocycles. The van der Waals surface area contributed by atoms with Crippen molar-refractivity contribution in [3.05, 3.63) is 112 Å². The van der Waals surface area contributed by atoms with Crippen molar-refractivity contribution in [2.24, 2.45) is 0 Å².